The number of methoxy groups -OCH3 is 3. The van der Waals surface area contributed by atoms with Gasteiger partial charge in [0.15, 0.2) is 5.78 Å². The molecule has 15 atom stereocenters. The van der Waals surface area contributed by atoms with Crippen molar-refractivity contribution in [2.75, 3.05) is 27.9 Å². The Labute approximate surface area is 380 Å². The van der Waals surface area contributed by atoms with Crippen LogP contribution in [0.25, 0.3) is 0 Å². The van der Waals surface area contributed by atoms with Gasteiger partial charge in [-0.05, 0) is 101 Å². The number of esters is 1. The lowest BCUT2D eigenvalue weighted by Crippen LogP contribution is -2.59. The van der Waals surface area contributed by atoms with Crippen molar-refractivity contribution in [1.82, 2.24) is 4.90 Å². The van der Waals surface area contributed by atoms with Crippen LogP contribution < -0.4 is 0 Å². The van der Waals surface area contributed by atoms with Gasteiger partial charge >= 0.3 is 5.97 Å². The minimum Gasteiger partial charge on any atom is -0.460 e. The van der Waals surface area contributed by atoms with E-state index >= 15 is 0 Å². The van der Waals surface area contributed by atoms with E-state index in [-0.39, 0.29) is 54.8 Å². The molecular weight excluding hydrogens is 823 g/mol. The first-order valence-electron chi connectivity index (χ1n) is 23.4. The van der Waals surface area contributed by atoms with Gasteiger partial charge in [-0.3, -0.25) is 19.2 Å². The molecule has 0 spiro atoms. The van der Waals surface area contributed by atoms with E-state index in [1.807, 2.05) is 58.1 Å². The molecule has 4 aliphatic rings. The zero-order valence-corrected chi connectivity index (χ0v) is 39.9. The minimum atomic E-state index is -2.42. The maximum atomic E-state index is 14.2. The number of carbonyl (C=O) groups is 5. The maximum Gasteiger partial charge on any atom is 0.329 e. The van der Waals surface area contributed by atoms with Crippen LogP contribution in [0.5, 0.6) is 0 Å². The van der Waals surface area contributed by atoms with Gasteiger partial charge in [0.05, 0.1) is 24.4 Å². The molecule has 3 heterocycles. The third-order valence-corrected chi connectivity index (χ3v) is 14.2. The van der Waals surface area contributed by atoms with E-state index in [1.54, 1.807) is 41.1 Å². The lowest BCUT2D eigenvalue weighted by Gasteiger charge is -2.41. The van der Waals surface area contributed by atoms with Crippen LogP contribution in [0.1, 0.15) is 119 Å². The number of allylic oxidation sites excluding steroid dienone is 6. The Kier molecular flexibility index (Phi) is 20.3. The Balaban J connectivity index is 1.68. The van der Waals surface area contributed by atoms with Crippen molar-refractivity contribution in [2.45, 2.75) is 174 Å². The lowest BCUT2D eigenvalue weighted by atomic mass is 9.78. The molecule has 0 aromatic carbocycles. The van der Waals surface area contributed by atoms with Crippen LogP contribution >= 0.6 is 0 Å². The zero-order valence-electron chi connectivity index (χ0n) is 39.9. The summed E-state index contributed by atoms with van der Waals surface area (Å²) in [5.41, 5.74) is 1.26. The van der Waals surface area contributed by atoms with Crippen LogP contribution in [0.2, 0.25) is 0 Å². The van der Waals surface area contributed by atoms with Crippen molar-refractivity contribution in [2.24, 2.45) is 35.5 Å². The number of rotatable bonds is 6. The van der Waals surface area contributed by atoms with E-state index in [1.165, 1.54) is 7.11 Å². The van der Waals surface area contributed by atoms with Crippen LogP contribution in [-0.4, -0.2) is 132 Å². The summed E-state index contributed by atoms with van der Waals surface area (Å²) in [6.07, 6.45) is 10.5. The highest BCUT2D eigenvalue weighted by atomic mass is 16.6. The second-order valence-electron chi connectivity index (χ2n) is 19.2. The third-order valence-electron chi connectivity index (χ3n) is 14.2. The van der Waals surface area contributed by atoms with Gasteiger partial charge < -0.3 is 43.9 Å². The van der Waals surface area contributed by atoms with Gasteiger partial charge in [0.2, 0.25) is 5.79 Å². The van der Waals surface area contributed by atoms with Crippen LogP contribution in [-0.2, 0) is 47.7 Å². The molecule has 3 aliphatic heterocycles. The molecule has 2 bridgehead atoms. The molecule has 1 saturated carbocycles. The standard InChI is InChI=1S/C50H77NO13/c1-29-15-12-11-13-16-30(2)41(60-8)27-37-20-18-35(7)50(59,64-37)47(56)48(57)51-22-14-17-38(51)49(58)63-42(32(4)25-36-19-21-39(52)43(26-36)61-9)28-40(53)31(3)24-34(6)45(55)46(62-10)44(54)33(5)23-29/h11-13,15-16,24,29,31-33,35-39,41-43,45-46,52,55,59H,14,17-23,25-28H2,1-10H3/t29?,31?,32?,33?,35?,36?,37?,38?,39?,41?,42?,43?,45?,46?,50-/m1/s1. The van der Waals surface area contributed by atoms with Crippen LogP contribution in [0.4, 0.5) is 0 Å². The Morgan fingerprint density at radius 3 is 2.25 bits per heavy atom. The highest BCUT2D eigenvalue weighted by molar-refractivity contribution is 6.39. The number of Topliss-reactive ketones (excluding diaryl/α,β-unsaturated/α-hetero) is 3. The first-order chi connectivity index (χ1) is 30.2. The number of aliphatic hydroxyl groups excluding tert-OH is 2. The second kappa shape index (κ2) is 24.4. The number of ketones is 3. The maximum absolute atomic E-state index is 14.2. The topological polar surface area (TPSA) is 195 Å². The van der Waals surface area contributed by atoms with Crippen LogP contribution in [0.3, 0.4) is 0 Å². The monoisotopic (exact) mass is 900 g/mol. The van der Waals surface area contributed by atoms with Crippen molar-refractivity contribution in [3.05, 3.63) is 47.6 Å². The number of ether oxygens (including phenoxy) is 5. The highest BCUT2D eigenvalue weighted by Gasteiger charge is 2.53. The third kappa shape index (κ3) is 13.6. The van der Waals surface area contributed by atoms with E-state index in [4.69, 9.17) is 23.7 Å². The highest BCUT2D eigenvalue weighted by Crippen LogP contribution is 2.38. The average Bonchev–Trinajstić information content (AvgIpc) is 3.76. The molecule has 4 rings (SSSR count). The molecule has 1 aliphatic carbocycles. The van der Waals surface area contributed by atoms with Gasteiger partial charge in [-0.15, -0.1) is 0 Å². The van der Waals surface area contributed by atoms with Crippen LogP contribution in [0.15, 0.2) is 47.6 Å². The lowest BCUT2D eigenvalue weighted by molar-refractivity contribution is -0.265. The molecule has 360 valence electrons. The minimum absolute atomic E-state index is 0.0199. The van der Waals surface area contributed by atoms with E-state index in [2.05, 4.69) is 0 Å². The number of carbonyl (C=O) groups excluding carboxylic acids is 5. The first-order valence-corrected chi connectivity index (χ1v) is 23.4. The summed E-state index contributed by atoms with van der Waals surface area (Å²) < 4.78 is 29.2. The molecule has 0 aromatic heterocycles. The number of aliphatic hydroxyl groups is 3. The molecule has 14 unspecified atom stereocenters. The number of nitrogens with zero attached hydrogens (tertiary/aromatic N) is 1. The van der Waals surface area contributed by atoms with E-state index in [0.29, 0.717) is 56.9 Å². The van der Waals surface area contributed by atoms with E-state index < -0.39 is 83.9 Å². The van der Waals surface area contributed by atoms with Gasteiger partial charge in [-0.1, -0.05) is 71.1 Å². The first kappa shape index (κ1) is 53.2. The van der Waals surface area contributed by atoms with Crippen molar-refractivity contribution in [3.8, 4) is 0 Å². The molecule has 3 N–H and O–H groups in total. The fourth-order valence-corrected chi connectivity index (χ4v) is 9.95. The quantitative estimate of drug-likeness (QED) is 0.165. The van der Waals surface area contributed by atoms with Gasteiger partial charge in [0, 0.05) is 58.5 Å². The summed E-state index contributed by atoms with van der Waals surface area (Å²) in [6, 6.07) is -1.13. The molecular formula is C50H77NO13. The summed E-state index contributed by atoms with van der Waals surface area (Å²) in [5, 5.41) is 33.7. The summed E-state index contributed by atoms with van der Waals surface area (Å²) in [7, 11) is 4.51. The Morgan fingerprint density at radius 2 is 1.58 bits per heavy atom. The second-order valence-corrected chi connectivity index (χ2v) is 19.2. The van der Waals surface area contributed by atoms with Crippen molar-refractivity contribution >= 4 is 29.2 Å². The summed E-state index contributed by atoms with van der Waals surface area (Å²) >= 11 is 0. The Morgan fingerprint density at radius 1 is 0.859 bits per heavy atom. The van der Waals surface area contributed by atoms with Crippen LogP contribution in [0, 0.1) is 35.5 Å². The fourth-order valence-electron chi connectivity index (χ4n) is 9.95. The van der Waals surface area contributed by atoms with Crippen molar-refractivity contribution in [3.63, 3.8) is 0 Å². The zero-order chi connectivity index (χ0) is 47.5. The molecule has 14 nitrogen and oxygen atoms in total. The normalized spacial score (nSPS) is 38.0. The van der Waals surface area contributed by atoms with E-state index in [0.717, 1.165) is 16.9 Å². The predicted octanol–water partition coefficient (Wildman–Crippen LogP) is 5.79. The molecule has 0 radical (unpaired) electrons. The van der Waals surface area contributed by atoms with Crippen molar-refractivity contribution < 1.29 is 63.0 Å². The summed E-state index contributed by atoms with van der Waals surface area (Å²) in [4.78, 5) is 71.2. The molecule has 3 fully saturated rings. The Hall–Kier alpha value is -3.37. The number of cyclic esters (lactones) is 1. The van der Waals surface area contributed by atoms with Gasteiger partial charge in [0.1, 0.15) is 30.1 Å². The number of fused-ring (bicyclic) bond motifs is 3. The molecule has 64 heavy (non-hydrogen) atoms. The Bertz CT molecular complexity index is 1740. The van der Waals surface area contributed by atoms with Gasteiger partial charge in [-0.25, -0.2) is 4.79 Å². The number of hydrogen-bond acceptors (Lipinski definition) is 13. The fraction of sp³-hybridized carbons (Fsp3) is 0.740. The predicted molar refractivity (Wildman–Crippen MR) is 241 cm³/mol. The molecule has 1 amide bonds. The molecule has 2 saturated heterocycles. The summed E-state index contributed by atoms with van der Waals surface area (Å²) in [6.45, 7) is 12.7. The smallest absolute Gasteiger partial charge is 0.329 e. The molecule has 0 aromatic rings. The largest absolute Gasteiger partial charge is 0.460 e. The number of hydrogen-bond donors (Lipinski definition) is 3. The average molecular weight is 900 g/mol. The van der Waals surface area contributed by atoms with E-state index in [9.17, 15) is 39.3 Å². The molecule has 14 heteroatoms. The van der Waals surface area contributed by atoms with Gasteiger partial charge in [0.25, 0.3) is 11.7 Å². The SMILES string of the molecule is COC1CC2CCC(C)[C@@](O)(O2)C(=O)C(=O)N2CCCC2C(=O)OC(C(C)CC2CCC(O)C(OC)C2)CC(=O)C(C)C=C(C)C(O)C(OC)C(=O)C(C)CC(C)C=CC=CC=C1C. The number of amides is 1. The van der Waals surface area contributed by atoms with Crippen molar-refractivity contribution in [1.29, 1.82) is 0 Å². The summed E-state index contributed by atoms with van der Waals surface area (Å²) in [5.74, 6) is -7.97. The van der Waals surface area contributed by atoms with Gasteiger partial charge in [-0.2, -0.15) is 0 Å².